The molecule has 7 nitrogen and oxygen atoms in total. The van der Waals surface area contributed by atoms with E-state index in [9.17, 15) is 31.5 Å². The Balaban J connectivity index is 1.56. The van der Waals surface area contributed by atoms with Crippen molar-refractivity contribution >= 4 is 15.7 Å². The Morgan fingerprint density at radius 2 is 1.67 bits per heavy atom. The minimum atomic E-state index is -4.45. The number of alkyl halides is 3. The van der Waals surface area contributed by atoms with Gasteiger partial charge in [0.2, 0.25) is 5.91 Å². The molecule has 0 radical (unpaired) electrons. The minimum Gasteiger partial charge on any atom is -0.491 e. The second-order valence-corrected chi connectivity index (χ2v) is 10.0. The molecule has 2 unspecified atom stereocenters. The van der Waals surface area contributed by atoms with Crippen molar-refractivity contribution in [3.05, 3.63) is 65.7 Å². The largest absolute Gasteiger partial charge is 0.491 e. The van der Waals surface area contributed by atoms with Crippen LogP contribution in [0.5, 0.6) is 5.75 Å². The summed E-state index contributed by atoms with van der Waals surface area (Å²) in [5, 5.41) is 12.8. The number of aliphatic hydroxyl groups excluding tert-OH is 1. The third-order valence-electron chi connectivity index (χ3n) is 5.24. The zero-order valence-corrected chi connectivity index (χ0v) is 18.5. The number of halogens is 3. The summed E-state index contributed by atoms with van der Waals surface area (Å²) in [7, 11) is -3.12. The van der Waals surface area contributed by atoms with Crippen LogP contribution in [0.3, 0.4) is 0 Å². The van der Waals surface area contributed by atoms with Crippen molar-refractivity contribution in [2.75, 3.05) is 37.7 Å². The van der Waals surface area contributed by atoms with Crippen molar-refractivity contribution in [1.82, 2.24) is 10.2 Å². The highest BCUT2D eigenvalue weighted by molar-refractivity contribution is 7.91. The summed E-state index contributed by atoms with van der Waals surface area (Å²) in [4.78, 5) is 14.7. The zero-order valence-electron chi connectivity index (χ0n) is 17.7. The molecule has 0 spiro atoms. The molecular weight excluding hydrogens is 461 g/mol. The third kappa shape index (κ3) is 7.18. The molecule has 0 aliphatic carbocycles. The summed E-state index contributed by atoms with van der Waals surface area (Å²) in [6, 6.07) is 12.3. The molecule has 2 aromatic rings. The van der Waals surface area contributed by atoms with Crippen molar-refractivity contribution in [3.63, 3.8) is 0 Å². The molecule has 1 saturated heterocycles. The van der Waals surface area contributed by atoms with E-state index < -0.39 is 39.6 Å². The van der Waals surface area contributed by atoms with Gasteiger partial charge in [0.15, 0.2) is 9.84 Å². The van der Waals surface area contributed by atoms with E-state index >= 15 is 0 Å². The summed E-state index contributed by atoms with van der Waals surface area (Å²) in [6.45, 7) is 0.0579. The number of nitrogens with one attached hydrogen (secondary N) is 1. The Labute approximate surface area is 190 Å². The van der Waals surface area contributed by atoms with Crippen LogP contribution in [0.2, 0.25) is 0 Å². The lowest BCUT2D eigenvalue weighted by Crippen LogP contribution is -2.48. The molecule has 1 aliphatic rings. The van der Waals surface area contributed by atoms with Gasteiger partial charge in [0, 0.05) is 19.6 Å². The topological polar surface area (TPSA) is 95.9 Å². The lowest BCUT2D eigenvalue weighted by atomic mass is 10.0. The van der Waals surface area contributed by atoms with Crippen LogP contribution < -0.4 is 10.1 Å². The Morgan fingerprint density at radius 3 is 2.24 bits per heavy atom. The summed E-state index contributed by atoms with van der Waals surface area (Å²) < 4.78 is 66.7. The van der Waals surface area contributed by atoms with Gasteiger partial charge in [-0.15, -0.1) is 0 Å². The Hall–Kier alpha value is -2.63. The van der Waals surface area contributed by atoms with Gasteiger partial charge in [-0.25, -0.2) is 8.42 Å². The second-order valence-electron chi connectivity index (χ2n) is 7.73. The number of rotatable bonds is 8. The van der Waals surface area contributed by atoms with Crippen molar-refractivity contribution < 1.29 is 36.2 Å². The maximum atomic E-state index is 13.0. The number of nitrogens with zero attached hydrogens (tertiary/aromatic N) is 1. The van der Waals surface area contributed by atoms with Gasteiger partial charge >= 0.3 is 6.18 Å². The third-order valence-corrected chi connectivity index (χ3v) is 6.85. The molecule has 3 rings (SSSR count). The quantitative estimate of drug-likeness (QED) is 0.593. The van der Waals surface area contributed by atoms with Crippen molar-refractivity contribution in [2.24, 2.45) is 0 Å². The number of hydrogen-bond donors (Lipinski definition) is 2. The van der Waals surface area contributed by atoms with E-state index in [0.29, 0.717) is 5.56 Å². The molecule has 0 saturated carbocycles. The van der Waals surface area contributed by atoms with Crippen LogP contribution in [-0.2, 0) is 20.8 Å². The first-order valence-corrected chi connectivity index (χ1v) is 12.1. The Bertz CT molecular complexity index is 1020. The van der Waals surface area contributed by atoms with E-state index in [2.05, 4.69) is 5.32 Å². The number of ether oxygens (including phenoxy) is 1. The van der Waals surface area contributed by atoms with Gasteiger partial charge in [0.25, 0.3) is 0 Å². The molecule has 1 fully saturated rings. The molecule has 2 N–H and O–H groups in total. The van der Waals surface area contributed by atoms with Crippen LogP contribution in [0, 0.1) is 0 Å². The van der Waals surface area contributed by atoms with E-state index in [4.69, 9.17) is 4.74 Å². The number of aliphatic hydroxyl groups is 1. The van der Waals surface area contributed by atoms with Gasteiger partial charge in [0.1, 0.15) is 24.5 Å². The predicted octanol–water partition coefficient (Wildman–Crippen LogP) is 2.03. The molecule has 180 valence electrons. The van der Waals surface area contributed by atoms with Crippen molar-refractivity contribution in [2.45, 2.75) is 18.3 Å². The average Bonchev–Trinajstić information content (AvgIpc) is 2.78. The number of carbonyl (C=O) groups is 1. The molecule has 2 atom stereocenters. The highest BCUT2D eigenvalue weighted by atomic mass is 32.2. The molecule has 1 aliphatic heterocycles. The van der Waals surface area contributed by atoms with Crippen LogP contribution in [0.4, 0.5) is 13.2 Å². The predicted molar refractivity (Wildman–Crippen MR) is 115 cm³/mol. The molecule has 1 amide bonds. The van der Waals surface area contributed by atoms with Gasteiger partial charge in [-0.05, 0) is 29.8 Å². The summed E-state index contributed by atoms with van der Waals surface area (Å²) in [5.74, 6) is -0.306. The standard InChI is InChI=1S/C22H25F3N2O5S/c23-22(24,25)17-6-8-19(9-7-17)32-15-18(28)14-26-21(29)20(16-4-2-1-3-5-16)27-10-12-33(30,31)13-11-27/h1-9,18,20,28H,10-15H2,(H,26,29). The average molecular weight is 487 g/mol. The fourth-order valence-electron chi connectivity index (χ4n) is 3.45. The first kappa shape index (κ1) is 25.0. The SMILES string of the molecule is O=C(NCC(O)COc1ccc(C(F)(F)F)cc1)C(c1ccccc1)N1CCS(=O)(=O)CC1. The summed E-state index contributed by atoms with van der Waals surface area (Å²) in [6.07, 6.45) is -5.55. The van der Waals surface area contributed by atoms with Gasteiger partial charge in [0.05, 0.1) is 17.1 Å². The van der Waals surface area contributed by atoms with Gasteiger partial charge < -0.3 is 15.2 Å². The zero-order chi connectivity index (χ0) is 24.1. The van der Waals surface area contributed by atoms with Crippen LogP contribution in [0.1, 0.15) is 17.2 Å². The Morgan fingerprint density at radius 1 is 1.06 bits per heavy atom. The van der Waals surface area contributed by atoms with Crippen molar-refractivity contribution in [3.8, 4) is 5.75 Å². The maximum absolute atomic E-state index is 13.0. The Kier molecular flexibility index (Phi) is 7.98. The van der Waals surface area contributed by atoms with E-state index in [-0.39, 0.29) is 43.5 Å². The molecule has 0 aromatic heterocycles. The van der Waals surface area contributed by atoms with Crippen LogP contribution in [0.15, 0.2) is 54.6 Å². The van der Waals surface area contributed by atoms with Gasteiger partial charge in [-0.3, -0.25) is 9.69 Å². The normalized spacial score (nSPS) is 18.3. The molecule has 33 heavy (non-hydrogen) atoms. The van der Waals surface area contributed by atoms with E-state index in [0.717, 1.165) is 24.3 Å². The number of carbonyl (C=O) groups excluding carboxylic acids is 1. The molecule has 0 bridgehead atoms. The number of sulfone groups is 1. The van der Waals surface area contributed by atoms with Crippen LogP contribution in [-0.4, -0.2) is 68.2 Å². The van der Waals surface area contributed by atoms with E-state index in [1.807, 2.05) is 6.07 Å². The smallest absolute Gasteiger partial charge is 0.416 e. The number of amides is 1. The number of hydrogen-bond acceptors (Lipinski definition) is 6. The minimum absolute atomic E-state index is 0.0345. The van der Waals surface area contributed by atoms with Crippen LogP contribution in [0.25, 0.3) is 0 Å². The maximum Gasteiger partial charge on any atom is 0.416 e. The lowest BCUT2D eigenvalue weighted by molar-refractivity contribution is -0.137. The molecule has 11 heteroatoms. The highest BCUT2D eigenvalue weighted by Crippen LogP contribution is 2.30. The fourth-order valence-corrected chi connectivity index (χ4v) is 4.68. The summed E-state index contributed by atoms with van der Waals surface area (Å²) in [5.41, 5.74) is -0.107. The van der Waals surface area contributed by atoms with Crippen molar-refractivity contribution in [1.29, 1.82) is 0 Å². The molecule has 2 aromatic carbocycles. The molecule has 1 heterocycles. The first-order chi connectivity index (χ1) is 15.5. The van der Waals surface area contributed by atoms with Gasteiger partial charge in [-0.1, -0.05) is 30.3 Å². The highest BCUT2D eigenvalue weighted by Gasteiger charge is 2.33. The van der Waals surface area contributed by atoms with Gasteiger partial charge in [-0.2, -0.15) is 13.2 Å². The molecular formula is C22H25F3N2O5S. The number of benzene rings is 2. The van der Waals surface area contributed by atoms with E-state index in [1.54, 1.807) is 29.2 Å². The summed E-state index contributed by atoms with van der Waals surface area (Å²) >= 11 is 0. The lowest BCUT2D eigenvalue weighted by Gasteiger charge is -2.33. The first-order valence-electron chi connectivity index (χ1n) is 10.3. The monoisotopic (exact) mass is 486 g/mol. The fraction of sp³-hybridized carbons (Fsp3) is 0.409. The van der Waals surface area contributed by atoms with Crippen LogP contribution >= 0.6 is 0 Å². The second kappa shape index (κ2) is 10.5. The van der Waals surface area contributed by atoms with E-state index in [1.165, 1.54) is 0 Å².